The van der Waals surface area contributed by atoms with Gasteiger partial charge in [0.05, 0.1) is 0 Å². The standard InChI is InChI=1S/C13H18BrN/c14-13-6-4-10(5-7-13)8-11-2-1-3-12(11)9-15/h4-7,11-12H,1-3,8-9,15H2. The van der Waals surface area contributed by atoms with Crippen LogP contribution in [-0.4, -0.2) is 6.54 Å². The van der Waals surface area contributed by atoms with Crippen LogP contribution < -0.4 is 5.73 Å². The van der Waals surface area contributed by atoms with Crippen molar-refractivity contribution in [3.63, 3.8) is 0 Å². The largest absolute Gasteiger partial charge is 0.330 e. The molecule has 15 heavy (non-hydrogen) atoms. The molecule has 0 aromatic heterocycles. The van der Waals surface area contributed by atoms with Crippen LogP contribution in [0.4, 0.5) is 0 Å². The molecular formula is C13H18BrN. The molecule has 1 aliphatic rings. The van der Waals surface area contributed by atoms with Gasteiger partial charge in [-0.15, -0.1) is 0 Å². The van der Waals surface area contributed by atoms with E-state index in [9.17, 15) is 0 Å². The molecule has 2 heteroatoms. The fourth-order valence-corrected chi connectivity index (χ4v) is 2.88. The van der Waals surface area contributed by atoms with Gasteiger partial charge in [-0.3, -0.25) is 0 Å². The predicted octanol–water partition coefficient (Wildman–Crippen LogP) is 3.37. The molecule has 2 unspecified atom stereocenters. The summed E-state index contributed by atoms with van der Waals surface area (Å²) in [5, 5.41) is 0. The molecule has 0 bridgehead atoms. The van der Waals surface area contributed by atoms with E-state index in [0.29, 0.717) is 0 Å². The zero-order valence-corrected chi connectivity index (χ0v) is 10.5. The molecule has 1 aliphatic carbocycles. The van der Waals surface area contributed by atoms with E-state index in [4.69, 9.17) is 5.73 Å². The molecule has 1 aromatic carbocycles. The summed E-state index contributed by atoms with van der Waals surface area (Å²) in [5.74, 6) is 1.57. The number of hydrogen-bond acceptors (Lipinski definition) is 1. The van der Waals surface area contributed by atoms with E-state index in [2.05, 4.69) is 40.2 Å². The summed E-state index contributed by atoms with van der Waals surface area (Å²) in [5.41, 5.74) is 7.24. The Labute approximate surface area is 100 Å². The lowest BCUT2D eigenvalue weighted by atomic mass is 9.90. The van der Waals surface area contributed by atoms with E-state index >= 15 is 0 Å². The molecule has 0 saturated heterocycles. The molecule has 1 aromatic rings. The fraction of sp³-hybridized carbons (Fsp3) is 0.538. The molecule has 1 fully saturated rings. The monoisotopic (exact) mass is 267 g/mol. The normalized spacial score (nSPS) is 25.7. The Kier molecular flexibility index (Phi) is 3.81. The van der Waals surface area contributed by atoms with Crippen molar-refractivity contribution in [1.29, 1.82) is 0 Å². The van der Waals surface area contributed by atoms with Crippen molar-refractivity contribution in [2.45, 2.75) is 25.7 Å². The van der Waals surface area contributed by atoms with Gasteiger partial charge in [0.2, 0.25) is 0 Å². The van der Waals surface area contributed by atoms with Crippen LogP contribution in [0.1, 0.15) is 24.8 Å². The molecule has 1 saturated carbocycles. The summed E-state index contributed by atoms with van der Waals surface area (Å²) in [6, 6.07) is 8.69. The van der Waals surface area contributed by atoms with Crippen LogP contribution in [0, 0.1) is 11.8 Å². The van der Waals surface area contributed by atoms with Crippen molar-refractivity contribution in [2.75, 3.05) is 6.54 Å². The first-order valence-corrected chi connectivity index (χ1v) is 6.53. The molecule has 82 valence electrons. The van der Waals surface area contributed by atoms with Gasteiger partial charge in [-0.2, -0.15) is 0 Å². The summed E-state index contributed by atoms with van der Waals surface area (Å²) < 4.78 is 1.16. The molecule has 0 radical (unpaired) electrons. The Morgan fingerprint density at radius 3 is 2.47 bits per heavy atom. The zero-order chi connectivity index (χ0) is 10.7. The lowest BCUT2D eigenvalue weighted by molar-refractivity contribution is 0.394. The molecule has 1 nitrogen and oxygen atoms in total. The third-order valence-corrected chi connectivity index (χ3v) is 4.06. The van der Waals surface area contributed by atoms with Crippen molar-refractivity contribution >= 4 is 15.9 Å². The topological polar surface area (TPSA) is 26.0 Å². The maximum atomic E-state index is 5.79. The number of nitrogens with two attached hydrogens (primary N) is 1. The van der Waals surface area contributed by atoms with E-state index < -0.39 is 0 Å². The Morgan fingerprint density at radius 2 is 1.80 bits per heavy atom. The van der Waals surface area contributed by atoms with Crippen LogP contribution in [0.5, 0.6) is 0 Å². The Hall–Kier alpha value is -0.340. The average Bonchev–Trinajstić information content (AvgIpc) is 2.69. The van der Waals surface area contributed by atoms with Gasteiger partial charge in [0.15, 0.2) is 0 Å². The molecule has 2 atom stereocenters. The van der Waals surface area contributed by atoms with Gasteiger partial charge in [0.25, 0.3) is 0 Å². The number of rotatable bonds is 3. The van der Waals surface area contributed by atoms with Gasteiger partial charge in [-0.25, -0.2) is 0 Å². The number of benzene rings is 1. The molecule has 2 N–H and O–H groups in total. The van der Waals surface area contributed by atoms with Gasteiger partial charge in [0.1, 0.15) is 0 Å². The second-order valence-corrected chi connectivity index (χ2v) is 5.43. The molecule has 0 aliphatic heterocycles. The summed E-state index contributed by atoms with van der Waals surface area (Å²) in [6.07, 6.45) is 5.26. The van der Waals surface area contributed by atoms with Crippen LogP contribution in [-0.2, 0) is 6.42 Å². The van der Waals surface area contributed by atoms with E-state index in [0.717, 1.165) is 22.9 Å². The van der Waals surface area contributed by atoms with Gasteiger partial charge in [-0.05, 0) is 55.3 Å². The highest BCUT2D eigenvalue weighted by Gasteiger charge is 2.25. The van der Waals surface area contributed by atoms with E-state index in [1.807, 2.05) is 0 Å². The summed E-state index contributed by atoms with van der Waals surface area (Å²) >= 11 is 3.46. The number of halogens is 1. The van der Waals surface area contributed by atoms with Crippen LogP contribution >= 0.6 is 15.9 Å². The highest BCUT2D eigenvalue weighted by molar-refractivity contribution is 9.10. The fourth-order valence-electron chi connectivity index (χ4n) is 2.62. The van der Waals surface area contributed by atoms with Gasteiger partial charge < -0.3 is 5.73 Å². The summed E-state index contributed by atoms with van der Waals surface area (Å²) in [4.78, 5) is 0. The van der Waals surface area contributed by atoms with Gasteiger partial charge in [0, 0.05) is 4.47 Å². The van der Waals surface area contributed by atoms with Crippen LogP contribution in [0.2, 0.25) is 0 Å². The predicted molar refractivity (Wildman–Crippen MR) is 67.7 cm³/mol. The Balaban J connectivity index is 1.99. The number of hydrogen-bond donors (Lipinski definition) is 1. The zero-order valence-electron chi connectivity index (χ0n) is 8.95. The molecule has 2 rings (SSSR count). The minimum Gasteiger partial charge on any atom is -0.330 e. The molecule has 0 heterocycles. The van der Waals surface area contributed by atoms with Crippen molar-refractivity contribution < 1.29 is 0 Å². The van der Waals surface area contributed by atoms with E-state index in [-0.39, 0.29) is 0 Å². The second kappa shape index (κ2) is 5.13. The average molecular weight is 268 g/mol. The first-order chi connectivity index (χ1) is 7.29. The molecule has 0 spiro atoms. The van der Waals surface area contributed by atoms with Crippen molar-refractivity contribution in [2.24, 2.45) is 17.6 Å². The SMILES string of the molecule is NCC1CCCC1Cc1ccc(Br)cc1. The van der Waals surface area contributed by atoms with Crippen LogP contribution in [0.3, 0.4) is 0 Å². The third-order valence-electron chi connectivity index (χ3n) is 3.53. The van der Waals surface area contributed by atoms with Crippen molar-refractivity contribution in [3.05, 3.63) is 34.3 Å². The minimum atomic E-state index is 0.758. The van der Waals surface area contributed by atoms with Gasteiger partial charge >= 0.3 is 0 Å². The second-order valence-electron chi connectivity index (χ2n) is 4.52. The smallest absolute Gasteiger partial charge is 0.0175 e. The lowest BCUT2D eigenvalue weighted by Crippen LogP contribution is -2.20. The first kappa shape index (κ1) is 11.2. The van der Waals surface area contributed by atoms with Crippen LogP contribution in [0.15, 0.2) is 28.7 Å². The first-order valence-electron chi connectivity index (χ1n) is 5.74. The minimum absolute atomic E-state index is 0.758. The van der Waals surface area contributed by atoms with Crippen molar-refractivity contribution in [3.8, 4) is 0 Å². The molecule has 0 amide bonds. The third kappa shape index (κ3) is 2.82. The maximum absolute atomic E-state index is 5.79. The molecular weight excluding hydrogens is 250 g/mol. The Bertz CT molecular complexity index is 307. The quantitative estimate of drug-likeness (QED) is 0.893. The van der Waals surface area contributed by atoms with Gasteiger partial charge in [-0.1, -0.05) is 34.5 Å². The highest BCUT2D eigenvalue weighted by atomic mass is 79.9. The van der Waals surface area contributed by atoms with E-state index in [1.54, 1.807) is 0 Å². The lowest BCUT2D eigenvalue weighted by Gasteiger charge is -2.17. The maximum Gasteiger partial charge on any atom is 0.0175 e. The highest BCUT2D eigenvalue weighted by Crippen LogP contribution is 2.33. The van der Waals surface area contributed by atoms with Crippen LogP contribution in [0.25, 0.3) is 0 Å². The summed E-state index contributed by atoms with van der Waals surface area (Å²) in [7, 11) is 0. The van der Waals surface area contributed by atoms with E-state index in [1.165, 1.54) is 31.2 Å². The summed E-state index contributed by atoms with van der Waals surface area (Å²) in [6.45, 7) is 0.862. The van der Waals surface area contributed by atoms with Crippen molar-refractivity contribution in [1.82, 2.24) is 0 Å². The Morgan fingerprint density at radius 1 is 1.13 bits per heavy atom.